The summed E-state index contributed by atoms with van der Waals surface area (Å²) in [5.41, 5.74) is 2.40. The van der Waals surface area contributed by atoms with Crippen LogP contribution >= 0.6 is 0 Å². The van der Waals surface area contributed by atoms with Gasteiger partial charge in [-0.25, -0.2) is 5.84 Å². The summed E-state index contributed by atoms with van der Waals surface area (Å²) in [4.78, 5) is 7.98. The van der Waals surface area contributed by atoms with Crippen molar-refractivity contribution in [3.05, 3.63) is 42.7 Å². The lowest BCUT2D eigenvalue weighted by Gasteiger charge is -2.07. The summed E-state index contributed by atoms with van der Waals surface area (Å²) in [5.74, 6) is 6.89. The second-order valence-electron chi connectivity index (χ2n) is 3.40. The number of nitrogens with two attached hydrogens (primary N) is 1. The van der Waals surface area contributed by atoms with Gasteiger partial charge in [0.05, 0.1) is 12.4 Å². The highest BCUT2D eigenvalue weighted by Gasteiger charge is 1.98. The van der Waals surface area contributed by atoms with E-state index in [-0.39, 0.29) is 0 Å². The van der Waals surface area contributed by atoms with Gasteiger partial charge in [0.2, 0.25) is 5.88 Å². The molecular formula is C12H14N4O2. The molecule has 0 saturated carbocycles. The highest BCUT2D eigenvalue weighted by molar-refractivity contribution is 5.31. The van der Waals surface area contributed by atoms with Crippen molar-refractivity contribution >= 4 is 5.82 Å². The molecule has 0 aliphatic heterocycles. The summed E-state index contributed by atoms with van der Waals surface area (Å²) in [6.45, 7) is 0.823. The number of para-hydroxylation sites is 1. The molecule has 0 fully saturated rings. The first-order valence-corrected chi connectivity index (χ1v) is 5.48. The molecule has 1 aromatic heterocycles. The molecule has 0 saturated heterocycles. The van der Waals surface area contributed by atoms with Crippen molar-refractivity contribution in [3.8, 4) is 11.6 Å². The molecule has 0 aliphatic rings. The Morgan fingerprint density at radius 3 is 2.61 bits per heavy atom. The fourth-order valence-corrected chi connectivity index (χ4v) is 1.31. The van der Waals surface area contributed by atoms with E-state index in [1.165, 1.54) is 12.4 Å². The summed E-state index contributed by atoms with van der Waals surface area (Å²) < 4.78 is 10.8. The van der Waals surface area contributed by atoms with Crippen LogP contribution in [-0.2, 0) is 0 Å². The zero-order chi connectivity index (χ0) is 12.6. The fourth-order valence-electron chi connectivity index (χ4n) is 1.31. The lowest BCUT2D eigenvalue weighted by atomic mass is 10.3. The number of nitrogens with zero attached hydrogens (tertiary/aromatic N) is 2. The molecule has 1 aromatic carbocycles. The number of benzene rings is 1. The fraction of sp³-hybridized carbons (Fsp3) is 0.167. The number of ether oxygens (including phenoxy) is 2. The van der Waals surface area contributed by atoms with Crippen LogP contribution in [0.15, 0.2) is 42.7 Å². The van der Waals surface area contributed by atoms with Crippen LogP contribution in [0.5, 0.6) is 11.6 Å². The Balaban J connectivity index is 1.75. The molecule has 2 aromatic rings. The molecule has 18 heavy (non-hydrogen) atoms. The van der Waals surface area contributed by atoms with E-state index in [1.807, 2.05) is 30.3 Å². The maximum absolute atomic E-state index is 5.47. The van der Waals surface area contributed by atoms with E-state index >= 15 is 0 Å². The summed E-state index contributed by atoms with van der Waals surface area (Å²) in [6, 6.07) is 9.54. The van der Waals surface area contributed by atoms with E-state index in [4.69, 9.17) is 15.3 Å². The molecular weight excluding hydrogens is 232 g/mol. The zero-order valence-electron chi connectivity index (χ0n) is 9.74. The van der Waals surface area contributed by atoms with Crippen LogP contribution in [0.25, 0.3) is 0 Å². The number of aromatic nitrogens is 2. The molecule has 0 spiro atoms. The Labute approximate surface area is 105 Å². The monoisotopic (exact) mass is 246 g/mol. The van der Waals surface area contributed by atoms with Gasteiger partial charge in [-0.2, -0.15) is 4.98 Å². The highest BCUT2D eigenvalue weighted by atomic mass is 16.5. The van der Waals surface area contributed by atoms with Crippen LogP contribution < -0.4 is 20.7 Å². The van der Waals surface area contributed by atoms with E-state index in [0.717, 1.165) is 5.75 Å². The summed E-state index contributed by atoms with van der Waals surface area (Å²) in [6.07, 6.45) is 3.02. The number of rotatable bonds is 6. The molecule has 94 valence electrons. The summed E-state index contributed by atoms with van der Waals surface area (Å²) >= 11 is 0. The third kappa shape index (κ3) is 3.60. The quantitative estimate of drug-likeness (QED) is 0.453. The second-order valence-corrected chi connectivity index (χ2v) is 3.40. The van der Waals surface area contributed by atoms with Crippen LogP contribution in [0.2, 0.25) is 0 Å². The van der Waals surface area contributed by atoms with Crippen molar-refractivity contribution in [2.45, 2.75) is 0 Å². The number of anilines is 1. The Kier molecular flexibility index (Phi) is 4.32. The van der Waals surface area contributed by atoms with Crippen LogP contribution in [-0.4, -0.2) is 23.2 Å². The van der Waals surface area contributed by atoms with Gasteiger partial charge in [0.25, 0.3) is 0 Å². The normalized spacial score (nSPS) is 9.83. The van der Waals surface area contributed by atoms with E-state index in [0.29, 0.717) is 24.9 Å². The van der Waals surface area contributed by atoms with Crippen LogP contribution in [0.4, 0.5) is 5.82 Å². The minimum absolute atomic E-state index is 0.387. The number of hydrogen-bond donors (Lipinski definition) is 2. The van der Waals surface area contributed by atoms with Crippen molar-refractivity contribution in [2.75, 3.05) is 18.6 Å². The topological polar surface area (TPSA) is 82.3 Å². The number of hydrogen-bond acceptors (Lipinski definition) is 6. The van der Waals surface area contributed by atoms with Gasteiger partial charge in [0, 0.05) is 0 Å². The Hall–Kier alpha value is -2.34. The van der Waals surface area contributed by atoms with E-state index in [9.17, 15) is 0 Å². The second kappa shape index (κ2) is 6.41. The number of hydrazine groups is 1. The van der Waals surface area contributed by atoms with Crippen molar-refractivity contribution < 1.29 is 9.47 Å². The minimum Gasteiger partial charge on any atom is -0.490 e. The summed E-state index contributed by atoms with van der Waals surface area (Å²) in [5, 5.41) is 0. The lowest BCUT2D eigenvalue weighted by molar-refractivity contribution is 0.211. The highest BCUT2D eigenvalue weighted by Crippen LogP contribution is 2.09. The zero-order valence-corrected chi connectivity index (χ0v) is 9.74. The molecule has 6 nitrogen and oxygen atoms in total. The first-order valence-electron chi connectivity index (χ1n) is 5.48. The Morgan fingerprint density at radius 2 is 1.83 bits per heavy atom. The average Bonchev–Trinajstić information content (AvgIpc) is 2.45. The van der Waals surface area contributed by atoms with Crippen LogP contribution in [0.3, 0.4) is 0 Å². The minimum atomic E-state index is 0.387. The lowest BCUT2D eigenvalue weighted by Crippen LogP contribution is -2.12. The molecule has 0 bridgehead atoms. The van der Waals surface area contributed by atoms with Gasteiger partial charge < -0.3 is 14.9 Å². The van der Waals surface area contributed by atoms with Crippen molar-refractivity contribution in [2.24, 2.45) is 5.84 Å². The van der Waals surface area contributed by atoms with Crippen LogP contribution in [0.1, 0.15) is 0 Å². The molecule has 1 heterocycles. The van der Waals surface area contributed by atoms with Gasteiger partial charge in [0.1, 0.15) is 19.0 Å². The maximum atomic E-state index is 5.47. The van der Waals surface area contributed by atoms with Crippen molar-refractivity contribution in [1.29, 1.82) is 0 Å². The predicted molar refractivity (Wildman–Crippen MR) is 67.3 cm³/mol. The van der Waals surface area contributed by atoms with Gasteiger partial charge in [-0.3, -0.25) is 4.98 Å². The number of nitrogen functional groups attached to an aromatic ring is 1. The van der Waals surface area contributed by atoms with E-state index in [2.05, 4.69) is 15.4 Å². The molecule has 0 atom stereocenters. The van der Waals surface area contributed by atoms with Gasteiger partial charge in [0.15, 0.2) is 5.82 Å². The molecule has 0 radical (unpaired) electrons. The number of nitrogens with one attached hydrogen (secondary N) is 1. The van der Waals surface area contributed by atoms with Crippen molar-refractivity contribution in [1.82, 2.24) is 9.97 Å². The average molecular weight is 246 g/mol. The molecule has 0 unspecified atom stereocenters. The van der Waals surface area contributed by atoms with Gasteiger partial charge in [-0.1, -0.05) is 18.2 Å². The van der Waals surface area contributed by atoms with Gasteiger partial charge in [-0.05, 0) is 12.1 Å². The van der Waals surface area contributed by atoms with E-state index in [1.54, 1.807) is 0 Å². The van der Waals surface area contributed by atoms with Gasteiger partial charge in [-0.15, -0.1) is 0 Å². The summed E-state index contributed by atoms with van der Waals surface area (Å²) in [7, 11) is 0. The van der Waals surface area contributed by atoms with Crippen molar-refractivity contribution in [3.63, 3.8) is 0 Å². The SMILES string of the molecule is NNc1cncc(OCCOc2ccccc2)n1. The van der Waals surface area contributed by atoms with Crippen LogP contribution in [0, 0.1) is 0 Å². The first-order chi connectivity index (χ1) is 8.88. The molecule has 3 N–H and O–H groups in total. The molecule has 6 heteroatoms. The first kappa shape index (κ1) is 12.1. The smallest absolute Gasteiger partial charge is 0.234 e. The molecule has 0 amide bonds. The third-order valence-electron chi connectivity index (χ3n) is 2.11. The Bertz CT molecular complexity index is 479. The largest absolute Gasteiger partial charge is 0.490 e. The third-order valence-corrected chi connectivity index (χ3v) is 2.11. The molecule has 0 aliphatic carbocycles. The predicted octanol–water partition coefficient (Wildman–Crippen LogP) is 1.22. The van der Waals surface area contributed by atoms with E-state index < -0.39 is 0 Å². The standard InChI is InChI=1S/C12H14N4O2/c13-16-11-8-14-9-12(15-11)18-7-6-17-10-4-2-1-3-5-10/h1-5,8-9H,6-7,13H2,(H,15,16). The molecule has 2 rings (SSSR count). The van der Waals surface area contributed by atoms with Gasteiger partial charge >= 0.3 is 0 Å². The maximum Gasteiger partial charge on any atom is 0.234 e. The Morgan fingerprint density at radius 1 is 1.06 bits per heavy atom.